The second kappa shape index (κ2) is 4.00. The largest absolute Gasteiger partial charge is 0.481 e. The van der Waals surface area contributed by atoms with Gasteiger partial charge in [-0.3, -0.25) is 4.79 Å². The van der Waals surface area contributed by atoms with Crippen molar-refractivity contribution in [3.63, 3.8) is 0 Å². The van der Waals surface area contributed by atoms with Gasteiger partial charge in [-0.2, -0.15) is 0 Å². The van der Waals surface area contributed by atoms with Crippen LogP contribution in [0.3, 0.4) is 0 Å². The minimum atomic E-state index is -0.934. The van der Waals surface area contributed by atoms with E-state index in [2.05, 4.69) is 10.2 Å². The molecule has 1 fully saturated rings. The summed E-state index contributed by atoms with van der Waals surface area (Å²) in [6.07, 6.45) is 4.53. The zero-order valence-corrected chi connectivity index (χ0v) is 8.64. The van der Waals surface area contributed by atoms with Gasteiger partial charge >= 0.3 is 5.97 Å². The minimum Gasteiger partial charge on any atom is -0.481 e. The van der Waals surface area contributed by atoms with Crippen LogP contribution in [0, 0.1) is 0 Å². The van der Waals surface area contributed by atoms with Crippen LogP contribution < -0.4 is 0 Å². The lowest BCUT2D eigenvalue weighted by Gasteiger charge is -2.01. The van der Waals surface area contributed by atoms with Crippen molar-refractivity contribution >= 4 is 5.97 Å². The van der Waals surface area contributed by atoms with Crippen LogP contribution in [0.4, 0.5) is 0 Å². The second-order valence-corrected chi connectivity index (χ2v) is 4.02. The van der Waals surface area contributed by atoms with Crippen LogP contribution in [-0.2, 0) is 4.79 Å². The van der Waals surface area contributed by atoms with Crippen molar-refractivity contribution in [1.82, 2.24) is 10.2 Å². The van der Waals surface area contributed by atoms with Crippen LogP contribution in [0.5, 0.6) is 0 Å². The zero-order chi connectivity index (χ0) is 10.8. The van der Waals surface area contributed by atoms with Gasteiger partial charge in [0.1, 0.15) is 5.92 Å². The Morgan fingerprint density at radius 3 is 2.73 bits per heavy atom. The normalized spacial score (nSPS) is 19.3. The van der Waals surface area contributed by atoms with E-state index in [1.165, 1.54) is 12.8 Å². The molecule has 1 N–H and O–H groups in total. The van der Waals surface area contributed by atoms with Gasteiger partial charge in [0.2, 0.25) is 11.8 Å². The third-order valence-corrected chi connectivity index (χ3v) is 2.90. The fourth-order valence-electron chi connectivity index (χ4n) is 1.86. The van der Waals surface area contributed by atoms with Crippen molar-refractivity contribution in [2.45, 2.75) is 44.4 Å². The first kappa shape index (κ1) is 10.1. The number of hydrogen-bond donors (Lipinski definition) is 1. The van der Waals surface area contributed by atoms with Gasteiger partial charge in [0, 0.05) is 5.92 Å². The van der Waals surface area contributed by atoms with Crippen LogP contribution in [-0.4, -0.2) is 21.3 Å². The molecule has 1 saturated carbocycles. The van der Waals surface area contributed by atoms with Crippen LogP contribution in [0.2, 0.25) is 0 Å². The molecule has 0 aromatic carbocycles. The van der Waals surface area contributed by atoms with E-state index in [-0.39, 0.29) is 5.89 Å². The van der Waals surface area contributed by atoms with Crippen LogP contribution in [0.15, 0.2) is 4.42 Å². The highest BCUT2D eigenvalue weighted by atomic mass is 16.4. The van der Waals surface area contributed by atoms with Crippen molar-refractivity contribution in [3.05, 3.63) is 11.8 Å². The Hall–Kier alpha value is -1.39. The molecule has 0 spiro atoms. The van der Waals surface area contributed by atoms with Crippen molar-refractivity contribution in [2.75, 3.05) is 0 Å². The molecule has 0 saturated heterocycles. The molecular weight excluding hydrogens is 196 g/mol. The molecule has 0 radical (unpaired) electrons. The third kappa shape index (κ3) is 2.00. The highest BCUT2D eigenvalue weighted by Crippen LogP contribution is 2.33. The number of carbonyl (C=O) groups is 1. The fraction of sp³-hybridized carbons (Fsp3) is 0.700. The molecule has 1 aromatic heterocycles. The quantitative estimate of drug-likeness (QED) is 0.824. The summed E-state index contributed by atoms with van der Waals surface area (Å²) in [6.45, 7) is 1.55. The summed E-state index contributed by atoms with van der Waals surface area (Å²) in [6, 6.07) is 0. The Balaban J connectivity index is 2.12. The number of hydrogen-bond acceptors (Lipinski definition) is 4. The molecule has 5 heteroatoms. The average Bonchev–Trinajstić information content (AvgIpc) is 2.86. The fourth-order valence-corrected chi connectivity index (χ4v) is 1.86. The van der Waals surface area contributed by atoms with E-state index in [1.807, 2.05) is 0 Å². The number of nitrogens with zero attached hydrogens (tertiary/aromatic N) is 2. The molecule has 82 valence electrons. The smallest absolute Gasteiger partial charge is 0.315 e. The van der Waals surface area contributed by atoms with E-state index in [4.69, 9.17) is 9.52 Å². The van der Waals surface area contributed by atoms with E-state index < -0.39 is 11.9 Å². The van der Waals surface area contributed by atoms with Gasteiger partial charge < -0.3 is 9.52 Å². The van der Waals surface area contributed by atoms with Gasteiger partial charge in [-0.05, 0) is 19.8 Å². The van der Waals surface area contributed by atoms with Gasteiger partial charge in [0.15, 0.2) is 0 Å². The van der Waals surface area contributed by atoms with E-state index in [1.54, 1.807) is 6.92 Å². The van der Waals surface area contributed by atoms with Gasteiger partial charge in [-0.15, -0.1) is 10.2 Å². The monoisotopic (exact) mass is 210 g/mol. The summed E-state index contributed by atoms with van der Waals surface area (Å²) in [4.78, 5) is 10.7. The molecule has 1 aliphatic carbocycles. The highest BCUT2D eigenvalue weighted by Gasteiger charge is 2.26. The lowest BCUT2D eigenvalue weighted by molar-refractivity contribution is -0.138. The molecule has 15 heavy (non-hydrogen) atoms. The predicted octanol–water partition coefficient (Wildman–Crippen LogP) is 1.92. The average molecular weight is 210 g/mol. The third-order valence-electron chi connectivity index (χ3n) is 2.90. The van der Waals surface area contributed by atoms with Gasteiger partial charge in [-0.1, -0.05) is 12.8 Å². The van der Waals surface area contributed by atoms with Crippen molar-refractivity contribution in [1.29, 1.82) is 0 Å². The zero-order valence-electron chi connectivity index (χ0n) is 8.64. The number of rotatable bonds is 3. The molecule has 1 unspecified atom stereocenters. The molecule has 1 atom stereocenters. The predicted molar refractivity (Wildman–Crippen MR) is 51.6 cm³/mol. The summed E-state index contributed by atoms with van der Waals surface area (Å²) >= 11 is 0. The molecule has 0 aliphatic heterocycles. The van der Waals surface area contributed by atoms with Crippen LogP contribution in [0.25, 0.3) is 0 Å². The van der Waals surface area contributed by atoms with Crippen molar-refractivity contribution < 1.29 is 14.3 Å². The molecule has 0 amide bonds. The molecule has 1 aliphatic rings. The topological polar surface area (TPSA) is 76.2 Å². The Kier molecular flexibility index (Phi) is 2.70. The minimum absolute atomic E-state index is 0.212. The highest BCUT2D eigenvalue weighted by molar-refractivity contribution is 5.73. The molecule has 1 aromatic rings. The van der Waals surface area contributed by atoms with Crippen LogP contribution >= 0.6 is 0 Å². The first-order valence-electron chi connectivity index (χ1n) is 5.24. The Morgan fingerprint density at radius 2 is 2.13 bits per heavy atom. The lowest BCUT2D eigenvalue weighted by Crippen LogP contribution is -2.07. The standard InChI is InChI=1S/C10H14N2O3/c1-6(10(13)14)8-11-12-9(15-8)7-4-2-3-5-7/h6-7H,2-5H2,1H3,(H,13,14). The van der Waals surface area contributed by atoms with E-state index in [9.17, 15) is 4.79 Å². The number of carboxylic acid groups (broad SMARTS) is 1. The number of aromatic nitrogens is 2. The Morgan fingerprint density at radius 1 is 1.47 bits per heavy atom. The first-order chi connectivity index (χ1) is 7.18. The number of carboxylic acids is 1. The van der Waals surface area contributed by atoms with Crippen molar-refractivity contribution in [2.24, 2.45) is 0 Å². The maximum Gasteiger partial charge on any atom is 0.315 e. The van der Waals surface area contributed by atoms with Gasteiger partial charge in [0.25, 0.3) is 0 Å². The number of aliphatic carboxylic acids is 1. The van der Waals surface area contributed by atoms with E-state index >= 15 is 0 Å². The SMILES string of the molecule is CC(C(=O)O)c1nnc(C2CCCC2)o1. The van der Waals surface area contributed by atoms with Gasteiger partial charge in [0.05, 0.1) is 0 Å². The van der Waals surface area contributed by atoms with Gasteiger partial charge in [-0.25, -0.2) is 0 Å². The molecular formula is C10H14N2O3. The lowest BCUT2D eigenvalue weighted by atomic mass is 10.1. The summed E-state index contributed by atoms with van der Waals surface area (Å²) in [5.41, 5.74) is 0. The molecule has 2 rings (SSSR count). The summed E-state index contributed by atoms with van der Waals surface area (Å²) < 4.78 is 5.39. The summed E-state index contributed by atoms with van der Waals surface area (Å²) in [5.74, 6) is -0.489. The van der Waals surface area contributed by atoms with Crippen LogP contribution in [0.1, 0.15) is 56.2 Å². The van der Waals surface area contributed by atoms with E-state index in [0.29, 0.717) is 11.8 Å². The second-order valence-electron chi connectivity index (χ2n) is 4.02. The van der Waals surface area contributed by atoms with E-state index in [0.717, 1.165) is 12.8 Å². The molecule has 0 bridgehead atoms. The maximum absolute atomic E-state index is 10.7. The summed E-state index contributed by atoms with van der Waals surface area (Å²) in [5, 5.41) is 16.5. The molecule has 1 heterocycles. The first-order valence-corrected chi connectivity index (χ1v) is 5.24. The maximum atomic E-state index is 10.7. The Labute approximate surface area is 87.5 Å². The van der Waals surface area contributed by atoms with Crippen molar-refractivity contribution in [3.8, 4) is 0 Å². The summed E-state index contributed by atoms with van der Waals surface area (Å²) in [7, 11) is 0. The molecule has 5 nitrogen and oxygen atoms in total. The Bertz CT molecular complexity index is 355.